The molecule has 3 aromatic rings. The van der Waals surface area contributed by atoms with E-state index in [4.69, 9.17) is 21.1 Å². The minimum absolute atomic E-state index is 0.0888. The molecule has 41 heavy (non-hydrogen) atoms. The number of imide groups is 1. The molecule has 1 aromatic heterocycles. The number of halogens is 1. The number of fused-ring (bicyclic) bond motifs is 1. The van der Waals surface area contributed by atoms with E-state index in [0.29, 0.717) is 53.1 Å². The van der Waals surface area contributed by atoms with Crippen LogP contribution >= 0.6 is 11.6 Å². The van der Waals surface area contributed by atoms with Crippen LogP contribution in [0.1, 0.15) is 78.5 Å². The van der Waals surface area contributed by atoms with Crippen LogP contribution in [0.5, 0.6) is 0 Å². The third-order valence-corrected chi connectivity index (χ3v) is 7.59. The van der Waals surface area contributed by atoms with Crippen LogP contribution in [-0.2, 0) is 15.9 Å². The third-order valence-electron chi connectivity index (χ3n) is 7.22. The number of hydrogen-bond donors (Lipinski definition) is 1. The number of rotatable bonds is 10. The van der Waals surface area contributed by atoms with Crippen molar-refractivity contribution in [3.05, 3.63) is 99.3 Å². The number of benzene rings is 2. The Kier molecular flexibility index (Phi) is 8.87. The molecule has 2 aliphatic heterocycles. The molecule has 0 spiro atoms. The number of amides is 3. The van der Waals surface area contributed by atoms with Crippen molar-refractivity contribution in [3.63, 3.8) is 0 Å². The number of nitrogens with one attached hydrogen (secondary N) is 1. The number of aromatic nitrogens is 1. The summed E-state index contributed by atoms with van der Waals surface area (Å²) in [4.78, 5) is 56.5. The lowest BCUT2D eigenvalue weighted by molar-refractivity contribution is -0.200. The normalized spacial score (nSPS) is 18.3. The zero-order valence-corrected chi connectivity index (χ0v) is 23.4. The van der Waals surface area contributed by atoms with Crippen molar-refractivity contribution in [2.75, 3.05) is 20.3 Å². The van der Waals surface area contributed by atoms with Crippen LogP contribution in [0.2, 0.25) is 5.02 Å². The fourth-order valence-corrected chi connectivity index (χ4v) is 5.25. The van der Waals surface area contributed by atoms with Gasteiger partial charge in [-0.3, -0.25) is 24.1 Å². The summed E-state index contributed by atoms with van der Waals surface area (Å²) in [5.74, 6) is -1.11. The maximum absolute atomic E-state index is 13.1. The van der Waals surface area contributed by atoms with E-state index in [1.54, 1.807) is 36.4 Å². The molecule has 1 fully saturated rings. The van der Waals surface area contributed by atoms with Crippen LogP contribution < -0.4 is 5.32 Å². The number of ether oxygens (including phenoxy) is 2. The first-order valence-corrected chi connectivity index (χ1v) is 13.9. The van der Waals surface area contributed by atoms with Gasteiger partial charge in [0.15, 0.2) is 12.1 Å². The number of hydrogen-bond acceptors (Lipinski definition) is 7. The first-order chi connectivity index (χ1) is 19.9. The number of pyridine rings is 1. The second kappa shape index (κ2) is 12.7. The molecule has 0 atom stereocenters. The maximum Gasteiger partial charge on any atom is 0.269 e. The largest absolute Gasteiger partial charge is 0.354 e. The quantitative estimate of drug-likeness (QED) is 0.215. The Labute approximate surface area is 242 Å². The lowest BCUT2D eigenvalue weighted by Gasteiger charge is -2.33. The van der Waals surface area contributed by atoms with Gasteiger partial charge < -0.3 is 14.8 Å². The summed E-state index contributed by atoms with van der Waals surface area (Å²) < 4.78 is 11.6. The van der Waals surface area contributed by atoms with Crippen LogP contribution in [-0.4, -0.2) is 66.0 Å². The smallest absolute Gasteiger partial charge is 0.269 e. The monoisotopic (exact) mass is 575 g/mol. The molecule has 212 valence electrons. The Bertz CT molecular complexity index is 1450. The van der Waals surface area contributed by atoms with Gasteiger partial charge in [-0.1, -0.05) is 41.9 Å². The van der Waals surface area contributed by atoms with E-state index in [1.165, 1.54) is 18.0 Å². The van der Waals surface area contributed by atoms with Crippen LogP contribution in [0.15, 0.2) is 60.7 Å². The Morgan fingerprint density at radius 3 is 2.29 bits per heavy atom. The molecular weight excluding hydrogens is 546 g/mol. The summed E-state index contributed by atoms with van der Waals surface area (Å²) in [6, 6.07) is 16.9. The predicted octanol–water partition coefficient (Wildman–Crippen LogP) is 4.47. The van der Waals surface area contributed by atoms with Crippen molar-refractivity contribution in [2.24, 2.45) is 0 Å². The average Bonchev–Trinajstić information content (AvgIpc) is 3.25. The fraction of sp³-hybridized carbons (Fsp3) is 0.323. The number of nitrogens with zero attached hydrogens (tertiary/aromatic N) is 2. The second-order valence-electron chi connectivity index (χ2n) is 10.0. The molecule has 3 amide bonds. The van der Waals surface area contributed by atoms with E-state index in [1.807, 2.05) is 18.2 Å². The van der Waals surface area contributed by atoms with Gasteiger partial charge in [0.25, 0.3) is 17.7 Å². The molecule has 0 bridgehead atoms. The van der Waals surface area contributed by atoms with Gasteiger partial charge in [0.2, 0.25) is 0 Å². The van der Waals surface area contributed by atoms with Crippen LogP contribution in [0.3, 0.4) is 0 Å². The minimum Gasteiger partial charge on any atom is -0.354 e. The summed E-state index contributed by atoms with van der Waals surface area (Å²) in [5.41, 5.74) is 2.84. The van der Waals surface area contributed by atoms with Crippen LogP contribution in [0, 0.1) is 0 Å². The van der Waals surface area contributed by atoms with Crippen LogP contribution in [0.4, 0.5) is 0 Å². The maximum atomic E-state index is 13.1. The van der Waals surface area contributed by atoms with Gasteiger partial charge in [-0.2, -0.15) is 0 Å². The van der Waals surface area contributed by atoms with E-state index >= 15 is 0 Å². The molecular formula is C31H30ClN3O6. The summed E-state index contributed by atoms with van der Waals surface area (Å²) in [7, 11) is 1.52. The summed E-state index contributed by atoms with van der Waals surface area (Å²) in [5, 5.41) is 3.15. The molecule has 3 heterocycles. The van der Waals surface area contributed by atoms with E-state index in [0.717, 1.165) is 5.56 Å². The number of carbonyl (C=O) groups is 4. The molecule has 2 aliphatic rings. The highest BCUT2D eigenvalue weighted by molar-refractivity contribution is 6.31. The average molecular weight is 576 g/mol. The number of ketones is 1. The van der Waals surface area contributed by atoms with Gasteiger partial charge in [0.05, 0.1) is 30.4 Å². The van der Waals surface area contributed by atoms with Gasteiger partial charge in [-0.25, -0.2) is 4.98 Å². The molecule has 1 N–H and O–H groups in total. The van der Waals surface area contributed by atoms with Gasteiger partial charge in [-0.15, -0.1) is 0 Å². The van der Waals surface area contributed by atoms with E-state index in [-0.39, 0.29) is 48.8 Å². The highest BCUT2D eigenvalue weighted by Crippen LogP contribution is 2.27. The second-order valence-corrected chi connectivity index (χ2v) is 10.4. The van der Waals surface area contributed by atoms with E-state index in [9.17, 15) is 19.2 Å². The Morgan fingerprint density at radius 1 is 0.976 bits per heavy atom. The lowest BCUT2D eigenvalue weighted by atomic mass is 10.0. The molecule has 1 saturated heterocycles. The third kappa shape index (κ3) is 6.37. The molecule has 0 unspecified atom stereocenters. The van der Waals surface area contributed by atoms with Crippen LogP contribution in [0.25, 0.3) is 0 Å². The Hall–Kier alpha value is -3.92. The van der Waals surface area contributed by atoms with Gasteiger partial charge in [-0.05, 0) is 55.2 Å². The summed E-state index contributed by atoms with van der Waals surface area (Å²) in [6.45, 7) is 0.394. The zero-order chi connectivity index (χ0) is 28.9. The zero-order valence-electron chi connectivity index (χ0n) is 22.6. The van der Waals surface area contributed by atoms with Crippen molar-refractivity contribution >= 4 is 35.1 Å². The SMILES string of the molecule is CNC(=O)c1cc(C(=O)CCCCC2OCC(N3C(=O)c4ccccc4C3=O)CO2)cc(Cc2ccccc2Cl)n1. The van der Waals surface area contributed by atoms with Crippen molar-refractivity contribution in [1.29, 1.82) is 0 Å². The van der Waals surface area contributed by atoms with Crippen molar-refractivity contribution in [1.82, 2.24) is 15.2 Å². The number of carbonyl (C=O) groups excluding carboxylic acids is 4. The first kappa shape index (κ1) is 28.6. The molecule has 5 rings (SSSR count). The highest BCUT2D eigenvalue weighted by atomic mass is 35.5. The summed E-state index contributed by atoms with van der Waals surface area (Å²) in [6.07, 6.45) is 2.05. The Balaban J connectivity index is 1.12. The number of unbranched alkanes of at least 4 members (excludes halogenated alkanes) is 1. The highest BCUT2D eigenvalue weighted by Gasteiger charge is 2.41. The van der Waals surface area contributed by atoms with Crippen molar-refractivity contribution in [3.8, 4) is 0 Å². The molecule has 2 aromatic carbocycles. The van der Waals surface area contributed by atoms with Gasteiger partial charge >= 0.3 is 0 Å². The topological polar surface area (TPSA) is 115 Å². The molecule has 9 nitrogen and oxygen atoms in total. The van der Waals surface area contributed by atoms with Gasteiger partial charge in [0, 0.05) is 36.2 Å². The fourth-order valence-electron chi connectivity index (χ4n) is 5.05. The molecule has 0 radical (unpaired) electrons. The number of Topliss-reactive ketones (excluding diaryl/α,β-unsaturated/α-hetero) is 1. The summed E-state index contributed by atoms with van der Waals surface area (Å²) >= 11 is 6.30. The van der Waals surface area contributed by atoms with Crippen molar-refractivity contribution < 1.29 is 28.7 Å². The molecule has 0 aliphatic carbocycles. The lowest BCUT2D eigenvalue weighted by Crippen LogP contribution is -2.49. The standard InChI is InChI=1S/C31H30ClN3O6/c1-33-29(37)26-16-20(15-21(34-26)14-19-8-2-5-11-25(19)32)27(36)12-6-7-13-28-40-17-22(18-41-28)35-30(38)23-9-3-4-10-24(23)31(35)39/h2-5,8-11,15-16,22,28H,6-7,12-14,17-18H2,1H3,(H,33,37). The predicted molar refractivity (Wildman–Crippen MR) is 151 cm³/mol. The van der Waals surface area contributed by atoms with Gasteiger partial charge in [0.1, 0.15) is 5.69 Å². The van der Waals surface area contributed by atoms with E-state index < -0.39 is 12.3 Å². The van der Waals surface area contributed by atoms with E-state index in [2.05, 4.69) is 10.3 Å². The molecule has 10 heteroatoms. The first-order valence-electron chi connectivity index (χ1n) is 13.6. The van der Waals surface area contributed by atoms with Crippen molar-refractivity contribution in [2.45, 2.75) is 44.4 Å². The Morgan fingerprint density at radius 2 is 1.63 bits per heavy atom. The minimum atomic E-state index is -0.485. The molecule has 0 saturated carbocycles.